The van der Waals surface area contributed by atoms with E-state index in [1.54, 1.807) is 12.1 Å². The molecule has 0 saturated carbocycles. The quantitative estimate of drug-likeness (QED) is 0.162. The molecule has 2 aliphatic heterocycles. The predicted octanol–water partition coefficient (Wildman–Crippen LogP) is 5.05. The minimum Gasteiger partial charge on any atom is -0.508 e. The van der Waals surface area contributed by atoms with Crippen molar-refractivity contribution in [3.05, 3.63) is 82.4 Å². The third kappa shape index (κ3) is 4.14. The first kappa shape index (κ1) is 25.2. The Morgan fingerprint density at radius 1 is 0.550 bits per heavy atom. The Morgan fingerprint density at radius 2 is 1.18 bits per heavy atom. The maximum absolute atomic E-state index is 11.2. The maximum atomic E-state index is 11.2. The number of phenolic OH excluding ortho intramolecular Hbond substituents is 8. The highest BCUT2D eigenvalue weighted by Crippen LogP contribution is 2.57. The van der Waals surface area contributed by atoms with Crippen molar-refractivity contribution in [3.8, 4) is 57.5 Å². The molecule has 0 bridgehead atoms. The van der Waals surface area contributed by atoms with Gasteiger partial charge in [-0.15, -0.1) is 0 Å². The average Bonchev–Trinajstić information content (AvgIpc) is 2.91. The molecule has 206 valence electrons. The predicted molar refractivity (Wildman–Crippen MR) is 141 cm³/mol. The van der Waals surface area contributed by atoms with Crippen molar-refractivity contribution in [1.29, 1.82) is 0 Å². The fraction of sp³-hybridized carbons (Fsp3) is 0.200. The number of hydrogen-bond donors (Lipinski definition) is 8. The number of benzene rings is 4. The SMILES string of the molecule is Oc1cc(O)c2c(c1)OC(c1ccc(O)c(O)c1)CC2c1c(O)cc(O)c2c1O[C@H](c1ccc(O)c(O)c1)CC2. The number of hydrogen-bond acceptors (Lipinski definition) is 10. The van der Waals surface area contributed by atoms with E-state index >= 15 is 0 Å². The number of fused-ring (bicyclic) bond motifs is 2. The summed E-state index contributed by atoms with van der Waals surface area (Å²) in [7, 11) is 0. The smallest absolute Gasteiger partial charge is 0.157 e. The Labute approximate surface area is 227 Å². The average molecular weight is 547 g/mol. The molecular weight excluding hydrogens is 520 g/mol. The monoisotopic (exact) mass is 546 g/mol. The second kappa shape index (κ2) is 9.26. The highest BCUT2D eigenvalue weighted by molar-refractivity contribution is 5.65. The van der Waals surface area contributed by atoms with Crippen molar-refractivity contribution in [1.82, 2.24) is 0 Å². The van der Waals surface area contributed by atoms with Crippen LogP contribution >= 0.6 is 0 Å². The van der Waals surface area contributed by atoms with Crippen molar-refractivity contribution in [3.63, 3.8) is 0 Å². The molecule has 2 aliphatic rings. The van der Waals surface area contributed by atoms with Gasteiger partial charge in [0.25, 0.3) is 0 Å². The summed E-state index contributed by atoms with van der Waals surface area (Å²) in [6.45, 7) is 0. The highest BCUT2D eigenvalue weighted by Gasteiger charge is 2.39. The van der Waals surface area contributed by atoms with Gasteiger partial charge in [0, 0.05) is 47.2 Å². The lowest BCUT2D eigenvalue weighted by atomic mass is 9.79. The van der Waals surface area contributed by atoms with Gasteiger partial charge in [0.1, 0.15) is 46.7 Å². The summed E-state index contributed by atoms with van der Waals surface area (Å²) in [6.07, 6.45) is -0.366. The van der Waals surface area contributed by atoms with E-state index in [0.29, 0.717) is 29.5 Å². The summed E-state index contributed by atoms with van der Waals surface area (Å²) in [5.41, 5.74) is 2.09. The summed E-state index contributed by atoms with van der Waals surface area (Å²) in [5.74, 6) is -2.63. The van der Waals surface area contributed by atoms with Gasteiger partial charge in [0.2, 0.25) is 0 Å². The molecule has 40 heavy (non-hydrogen) atoms. The van der Waals surface area contributed by atoms with Gasteiger partial charge < -0.3 is 50.3 Å². The van der Waals surface area contributed by atoms with E-state index in [0.717, 1.165) is 6.07 Å². The van der Waals surface area contributed by atoms with Gasteiger partial charge in [-0.05, 0) is 48.2 Å². The molecule has 2 unspecified atom stereocenters. The van der Waals surface area contributed by atoms with Gasteiger partial charge in [0.15, 0.2) is 23.0 Å². The molecule has 3 atom stereocenters. The largest absolute Gasteiger partial charge is 0.508 e. The van der Waals surface area contributed by atoms with Gasteiger partial charge in [-0.3, -0.25) is 0 Å². The summed E-state index contributed by atoms with van der Waals surface area (Å²) in [5, 5.41) is 82.6. The molecule has 6 rings (SSSR count). The van der Waals surface area contributed by atoms with E-state index in [2.05, 4.69) is 0 Å². The van der Waals surface area contributed by atoms with Gasteiger partial charge >= 0.3 is 0 Å². The lowest BCUT2D eigenvalue weighted by Crippen LogP contribution is -2.23. The van der Waals surface area contributed by atoms with E-state index in [1.807, 2.05) is 0 Å². The van der Waals surface area contributed by atoms with Gasteiger partial charge in [0.05, 0.1) is 0 Å². The molecule has 0 saturated heterocycles. The fourth-order valence-corrected chi connectivity index (χ4v) is 5.64. The van der Waals surface area contributed by atoms with Crippen LogP contribution in [0.1, 0.15) is 58.8 Å². The molecule has 0 fully saturated rings. The van der Waals surface area contributed by atoms with Gasteiger partial charge in [-0.1, -0.05) is 12.1 Å². The number of phenols is 8. The molecule has 4 aromatic rings. The second-order valence-corrected chi connectivity index (χ2v) is 10.0. The molecular formula is C30H26O10. The third-order valence-corrected chi connectivity index (χ3v) is 7.56. The Kier molecular flexibility index (Phi) is 5.83. The van der Waals surface area contributed by atoms with E-state index in [4.69, 9.17) is 9.47 Å². The molecule has 8 N–H and O–H groups in total. The standard InChI is InChI=1S/C30H26O10/c31-15-9-23(37)28-17(11-26(39-27(28)10-15)14-2-5-19(33)22(36)8-14)29-24(38)12-20(34)16-3-6-25(40-30(16)29)13-1-4-18(32)21(35)7-13/h1-2,4-5,7-10,12,17,25-26,31-38H,3,6,11H2/t17?,25-,26?/m0/s1. The van der Waals surface area contributed by atoms with Crippen LogP contribution in [0.3, 0.4) is 0 Å². The third-order valence-electron chi connectivity index (χ3n) is 7.56. The zero-order valence-corrected chi connectivity index (χ0v) is 20.9. The van der Waals surface area contributed by atoms with Crippen LogP contribution in [0.2, 0.25) is 0 Å². The lowest BCUT2D eigenvalue weighted by Gasteiger charge is -2.36. The van der Waals surface area contributed by atoms with Crippen LogP contribution < -0.4 is 9.47 Å². The van der Waals surface area contributed by atoms with E-state index in [-0.39, 0.29) is 75.0 Å². The van der Waals surface area contributed by atoms with Gasteiger partial charge in [-0.25, -0.2) is 0 Å². The number of rotatable bonds is 3. The van der Waals surface area contributed by atoms with Gasteiger partial charge in [-0.2, -0.15) is 0 Å². The van der Waals surface area contributed by atoms with Crippen LogP contribution in [0, 0.1) is 0 Å². The topological polar surface area (TPSA) is 180 Å². The van der Waals surface area contributed by atoms with Crippen LogP contribution in [0.25, 0.3) is 0 Å². The number of ether oxygens (including phenoxy) is 2. The molecule has 0 aliphatic carbocycles. The first-order valence-electron chi connectivity index (χ1n) is 12.6. The summed E-state index contributed by atoms with van der Waals surface area (Å²) in [6, 6.07) is 12.3. The Morgan fingerprint density at radius 3 is 1.82 bits per heavy atom. The minimum absolute atomic E-state index is 0.142. The first-order valence-corrected chi connectivity index (χ1v) is 12.6. The van der Waals surface area contributed by atoms with Crippen molar-refractivity contribution >= 4 is 0 Å². The zero-order chi connectivity index (χ0) is 28.3. The van der Waals surface area contributed by atoms with Crippen LogP contribution in [0.4, 0.5) is 0 Å². The summed E-state index contributed by atoms with van der Waals surface area (Å²) < 4.78 is 12.5. The normalized spacial score (nSPS) is 19.6. The maximum Gasteiger partial charge on any atom is 0.157 e. The van der Waals surface area contributed by atoms with Crippen molar-refractivity contribution in [2.75, 3.05) is 0 Å². The van der Waals surface area contributed by atoms with E-state index < -0.39 is 18.1 Å². The summed E-state index contributed by atoms with van der Waals surface area (Å²) in [4.78, 5) is 0. The Hall–Kier alpha value is -5.12. The number of aromatic hydroxyl groups is 8. The summed E-state index contributed by atoms with van der Waals surface area (Å²) >= 11 is 0. The highest BCUT2D eigenvalue weighted by atomic mass is 16.5. The molecule has 0 radical (unpaired) electrons. The van der Waals surface area contributed by atoms with E-state index in [1.165, 1.54) is 36.4 Å². The van der Waals surface area contributed by atoms with Crippen molar-refractivity contribution in [2.45, 2.75) is 37.4 Å². The first-order chi connectivity index (χ1) is 19.1. The zero-order valence-electron chi connectivity index (χ0n) is 20.9. The minimum atomic E-state index is -0.758. The molecule has 4 aromatic carbocycles. The van der Waals surface area contributed by atoms with Crippen LogP contribution in [0.5, 0.6) is 57.5 Å². The molecule has 2 heterocycles. The van der Waals surface area contributed by atoms with Crippen molar-refractivity contribution < 1.29 is 50.3 Å². The Bertz CT molecular complexity index is 1650. The van der Waals surface area contributed by atoms with Crippen LogP contribution in [-0.4, -0.2) is 40.9 Å². The molecule has 10 nitrogen and oxygen atoms in total. The second-order valence-electron chi connectivity index (χ2n) is 10.0. The fourth-order valence-electron chi connectivity index (χ4n) is 5.64. The lowest BCUT2D eigenvalue weighted by molar-refractivity contribution is 0.153. The molecule has 0 amide bonds. The van der Waals surface area contributed by atoms with Crippen molar-refractivity contribution in [2.24, 2.45) is 0 Å². The van der Waals surface area contributed by atoms with Crippen LogP contribution in [0.15, 0.2) is 54.6 Å². The van der Waals surface area contributed by atoms with Crippen LogP contribution in [-0.2, 0) is 6.42 Å². The molecule has 10 heteroatoms. The molecule has 0 aromatic heterocycles. The van der Waals surface area contributed by atoms with E-state index in [9.17, 15) is 40.9 Å². The Balaban J connectivity index is 1.50. The molecule has 0 spiro atoms.